The number of hydrogen-bond donors (Lipinski definition) is 6. The average Bonchev–Trinajstić information content (AvgIpc) is 3.11. The number of aryl methyl sites for hydroxylation is 1. The van der Waals surface area contributed by atoms with Crippen molar-refractivity contribution in [1.29, 1.82) is 0 Å². The summed E-state index contributed by atoms with van der Waals surface area (Å²) < 4.78 is 33.0. The van der Waals surface area contributed by atoms with E-state index in [1.807, 2.05) is 34.6 Å². The Bertz CT molecular complexity index is 1620. The fourth-order valence-corrected chi connectivity index (χ4v) is 6.30. The molecule has 0 unspecified atom stereocenters. The van der Waals surface area contributed by atoms with Crippen molar-refractivity contribution in [3.05, 3.63) is 59.4 Å². The Morgan fingerprint density at radius 2 is 1.45 bits per heavy atom. The summed E-state index contributed by atoms with van der Waals surface area (Å²) in [4.78, 5) is 68.4. The molecule has 5 amide bonds. The van der Waals surface area contributed by atoms with Gasteiger partial charge in [0.15, 0.2) is 0 Å². The molecule has 0 aliphatic rings. The molecule has 1 aromatic heterocycles. The van der Waals surface area contributed by atoms with Crippen LogP contribution >= 0.6 is 12.6 Å². The average molecular weight is 777 g/mol. The molecule has 1 aromatic carbocycles. The Morgan fingerprint density at radius 1 is 0.792 bits per heavy atom. The maximum atomic E-state index is 13.3. The third kappa shape index (κ3) is 16.2. The number of hydrogen-bond acceptors (Lipinski definition) is 10. The molecule has 0 saturated carbocycles. The molecule has 0 spiro atoms. The van der Waals surface area contributed by atoms with E-state index in [9.17, 15) is 32.4 Å². The number of amides is 5. The minimum atomic E-state index is -4.16. The highest BCUT2D eigenvalue weighted by atomic mass is 32.2. The molecule has 53 heavy (non-hydrogen) atoms. The Hall–Kier alpha value is -4.18. The quantitative estimate of drug-likeness (QED) is 0.0965. The Morgan fingerprint density at radius 3 is 2.06 bits per heavy atom. The van der Waals surface area contributed by atoms with Crippen LogP contribution in [0.3, 0.4) is 0 Å². The SMILES string of the molecule is CCCCc1ccnc(C(=O)NS(=O)(=O)c2ccc(CCNC(=O)[C@H](CS)NC(=O)[C@H](CC(C)C)NC(=O)[C@H](CCC)NC(=O)OCC(C)C)cc2)c1. The van der Waals surface area contributed by atoms with E-state index < -0.39 is 57.9 Å². The van der Waals surface area contributed by atoms with Gasteiger partial charge in [-0.1, -0.05) is 66.5 Å². The second-order valence-electron chi connectivity index (χ2n) is 13.7. The predicted octanol–water partition coefficient (Wildman–Crippen LogP) is 3.70. The van der Waals surface area contributed by atoms with Crippen LogP contribution < -0.4 is 26.0 Å². The molecule has 16 heteroatoms. The highest BCUT2D eigenvalue weighted by Gasteiger charge is 2.30. The van der Waals surface area contributed by atoms with Crippen molar-refractivity contribution < 1.29 is 37.1 Å². The van der Waals surface area contributed by atoms with Gasteiger partial charge in [-0.3, -0.25) is 24.2 Å². The monoisotopic (exact) mass is 776 g/mol. The van der Waals surface area contributed by atoms with Gasteiger partial charge in [0.25, 0.3) is 15.9 Å². The summed E-state index contributed by atoms with van der Waals surface area (Å²) in [5, 5.41) is 10.7. The van der Waals surface area contributed by atoms with Gasteiger partial charge in [0.05, 0.1) is 11.5 Å². The number of thiol groups is 1. The number of unbranched alkanes of at least 4 members (excludes halogenated alkanes) is 1. The van der Waals surface area contributed by atoms with Crippen LogP contribution in [0.25, 0.3) is 0 Å². The second-order valence-corrected chi connectivity index (χ2v) is 15.7. The lowest BCUT2D eigenvalue weighted by Crippen LogP contribution is -2.57. The molecule has 0 radical (unpaired) electrons. The van der Waals surface area contributed by atoms with Gasteiger partial charge in [-0.2, -0.15) is 12.6 Å². The number of nitrogens with zero attached hydrogens (tertiary/aromatic N) is 1. The number of carbonyl (C=O) groups excluding carboxylic acids is 5. The number of benzene rings is 1. The van der Waals surface area contributed by atoms with Gasteiger partial charge in [-0.25, -0.2) is 17.9 Å². The summed E-state index contributed by atoms with van der Waals surface area (Å²) in [6.45, 7) is 11.9. The minimum Gasteiger partial charge on any atom is -0.449 e. The molecule has 5 N–H and O–H groups in total. The van der Waals surface area contributed by atoms with Crippen LogP contribution in [0.5, 0.6) is 0 Å². The van der Waals surface area contributed by atoms with Crippen LogP contribution in [0.15, 0.2) is 47.5 Å². The third-order valence-electron chi connectivity index (χ3n) is 7.94. The topological polar surface area (TPSA) is 202 Å². The summed E-state index contributed by atoms with van der Waals surface area (Å²) in [6.07, 6.45) is 5.00. The van der Waals surface area contributed by atoms with Crippen LogP contribution in [0, 0.1) is 11.8 Å². The maximum absolute atomic E-state index is 13.3. The van der Waals surface area contributed by atoms with Gasteiger partial charge >= 0.3 is 6.09 Å². The van der Waals surface area contributed by atoms with Crippen LogP contribution in [0.2, 0.25) is 0 Å². The number of alkyl carbamates (subject to hydrolysis) is 1. The van der Waals surface area contributed by atoms with Crippen molar-refractivity contribution in [2.24, 2.45) is 11.8 Å². The lowest BCUT2D eigenvalue weighted by Gasteiger charge is -2.25. The smallest absolute Gasteiger partial charge is 0.407 e. The van der Waals surface area contributed by atoms with Gasteiger partial charge in [0.1, 0.15) is 23.8 Å². The molecule has 0 aliphatic carbocycles. The van der Waals surface area contributed by atoms with E-state index in [4.69, 9.17) is 4.74 Å². The first-order valence-corrected chi connectivity index (χ1v) is 20.2. The van der Waals surface area contributed by atoms with Crippen molar-refractivity contribution >= 4 is 52.4 Å². The Labute approximate surface area is 319 Å². The van der Waals surface area contributed by atoms with Crippen molar-refractivity contribution in [2.45, 2.75) is 110 Å². The van der Waals surface area contributed by atoms with E-state index in [2.05, 4.69) is 50.5 Å². The molecular weight excluding hydrogens is 721 g/mol. The summed E-state index contributed by atoms with van der Waals surface area (Å²) in [6, 6.07) is 6.38. The van der Waals surface area contributed by atoms with Crippen molar-refractivity contribution in [3.63, 3.8) is 0 Å². The molecule has 14 nitrogen and oxygen atoms in total. The van der Waals surface area contributed by atoms with E-state index >= 15 is 0 Å². The minimum absolute atomic E-state index is 0.0134. The van der Waals surface area contributed by atoms with Crippen LogP contribution in [-0.2, 0) is 42.0 Å². The van der Waals surface area contributed by atoms with Crippen LogP contribution in [0.4, 0.5) is 4.79 Å². The van der Waals surface area contributed by atoms with E-state index in [1.165, 1.54) is 18.3 Å². The fraction of sp³-hybridized carbons (Fsp3) is 0.568. The van der Waals surface area contributed by atoms with Gasteiger partial charge in [0.2, 0.25) is 17.7 Å². The van der Waals surface area contributed by atoms with Crippen molar-refractivity contribution in [2.75, 3.05) is 18.9 Å². The maximum Gasteiger partial charge on any atom is 0.407 e. The van der Waals surface area contributed by atoms with Gasteiger partial charge in [-0.15, -0.1) is 0 Å². The molecule has 3 atom stereocenters. The zero-order valence-electron chi connectivity index (χ0n) is 31.6. The fourth-order valence-electron chi connectivity index (χ4n) is 5.08. The first-order chi connectivity index (χ1) is 25.1. The lowest BCUT2D eigenvalue weighted by atomic mass is 10.0. The molecular formula is C37H56N6O8S2. The van der Waals surface area contributed by atoms with E-state index in [1.54, 1.807) is 24.3 Å². The summed E-state index contributed by atoms with van der Waals surface area (Å²) in [5.41, 5.74) is 1.63. The number of sulfonamides is 1. The summed E-state index contributed by atoms with van der Waals surface area (Å²) in [5.74, 6) is -2.29. The standard InChI is InChI=1S/C37H56N6O8S2/c1-7-9-11-27-17-18-38-30(21-27)36(47)43-53(49,50)28-14-12-26(13-15-28)16-19-39-33(44)32(23-52)41-35(46)31(20-24(3)4)40-34(45)29(10-8-2)42-37(48)51-22-25(5)6/h12-15,17-18,21,24-25,29,31-32,52H,7-11,16,19-20,22-23H2,1-6H3,(H,39,44)(H,40,45)(H,41,46)(H,42,48)(H,43,47)/t29-,31-,32-/m0/s1. The zero-order valence-corrected chi connectivity index (χ0v) is 33.3. The number of nitrogens with one attached hydrogen (secondary N) is 5. The third-order valence-corrected chi connectivity index (χ3v) is 9.65. The Balaban J connectivity index is 1.96. The molecule has 2 aromatic rings. The number of aromatic nitrogens is 1. The van der Waals surface area contributed by atoms with Crippen LogP contribution in [0.1, 0.15) is 95.3 Å². The number of rotatable bonds is 22. The Kier molecular flexibility index (Phi) is 19.3. The van der Waals surface area contributed by atoms with E-state index in [0.717, 1.165) is 30.4 Å². The number of ether oxygens (including phenoxy) is 1. The molecule has 294 valence electrons. The second kappa shape index (κ2) is 22.8. The molecule has 1 heterocycles. The molecule has 0 saturated heterocycles. The van der Waals surface area contributed by atoms with Gasteiger partial charge in [-0.05, 0) is 79.3 Å². The highest BCUT2D eigenvalue weighted by Crippen LogP contribution is 2.13. The molecule has 0 aliphatic heterocycles. The normalized spacial score (nSPS) is 13.1. The molecule has 0 bridgehead atoms. The highest BCUT2D eigenvalue weighted by molar-refractivity contribution is 7.90. The van der Waals surface area contributed by atoms with Crippen LogP contribution in [-0.4, -0.2) is 80.2 Å². The van der Waals surface area contributed by atoms with E-state index in [0.29, 0.717) is 19.3 Å². The van der Waals surface area contributed by atoms with Gasteiger partial charge < -0.3 is 26.0 Å². The first-order valence-electron chi connectivity index (χ1n) is 18.1. The number of carbonyl (C=O) groups is 5. The molecule has 0 fully saturated rings. The van der Waals surface area contributed by atoms with E-state index in [-0.39, 0.29) is 47.8 Å². The first kappa shape index (κ1) is 45.0. The number of pyridine rings is 1. The van der Waals surface area contributed by atoms with Gasteiger partial charge in [0, 0.05) is 18.5 Å². The van der Waals surface area contributed by atoms with Crippen molar-refractivity contribution in [3.8, 4) is 0 Å². The van der Waals surface area contributed by atoms with Crippen molar-refractivity contribution in [1.82, 2.24) is 31.0 Å². The largest absolute Gasteiger partial charge is 0.449 e. The molecule has 2 rings (SSSR count). The predicted molar refractivity (Wildman–Crippen MR) is 206 cm³/mol. The lowest BCUT2D eigenvalue weighted by molar-refractivity contribution is -0.132. The zero-order chi connectivity index (χ0) is 39.6. The summed E-state index contributed by atoms with van der Waals surface area (Å²) >= 11 is 4.25. The summed E-state index contributed by atoms with van der Waals surface area (Å²) in [7, 11) is -4.16.